The van der Waals surface area contributed by atoms with Gasteiger partial charge in [-0.05, 0) is 48.9 Å². The largest absolute Gasteiger partial charge is 0.351 e. The van der Waals surface area contributed by atoms with Gasteiger partial charge in [0.2, 0.25) is 11.8 Å². The van der Waals surface area contributed by atoms with Crippen molar-refractivity contribution >= 4 is 28.8 Å². The van der Waals surface area contributed by atoms with Crippen LogP contribution in [0.15, 0.2) is 66.0 Å². The van der Waals surface area contributed by atoms with Gasteiger partial charge in [-0.3, -0.25) is 14.5 Å². The number of benzene rings is 2. The fraction of sp³-hybridized carbons (Fsp3) is 0.308. The van der Waals surface area contributed by atoms with Gasteiger partial charge in [0.15, 0.2) is 0 Å². The van der Waals surface area contributed by atoms with E-state index in [1.165, 1.54) is 22.3 Å². The number of carbonyl (C=O) groups excluding carboxylic acids is 2. The Hall–Kier alpha value is -2.99. The predicted octanol–water partition coefficient (Wildman–Crippen LogP) is 5.57. The zero-order chi connectivity index (χ0) is 22.5. The molecule has 3 aromatic rings. The molecular formula is C26H27FN2O2S. The summed E-state index contributed by atoms with van der Waals surface area (Å²) in [5, 5.41) is 5.03. The van der Waals surface area contributed by atoms with Gasteiger partial charge in [0.05, 0.1) is 12.1 Å². The molecule has 0 spiro atoms. The van der Waals surface area contributed by atoms with E-state index < -0.39 is 11.9 Å². The second kappa shape index (κ2) is 10.1. The van der Waals surface area contributed by atoms with Crippen molar-refractivity contribution in [1.29, 1.82) is 0 Å². The first-order valence-electron chi connectivity index (χ1n) is 11.0. The fourth-order valence-corrected chi connectivity index (χ4v) is 4.92. The van der Waals surface area contributed by atoms with Crippen molar-refractivity contribution in [2.75, 3.05) is 4.90 Å². The lowest BCUT2D eigenvalue weighted by Crippen LogP contribution is -2.47. The van der Waals surface area contributed by atoms with Crippen LogP contribution >= 0.6 is 11.3 Å². The lowest BCUT2D eigenvalue weighted by molar-refractivity contribution is -0.127. The van der Waals surface area contributed by atoms with E-state index in [2.05, 4.69) is 5.32 Å². The van der Waals surface area contributed by atoms with E-state index >= 15 is 0 Å². The topological polar surface area (TPSA) is 49.4 Å². The summed E-state index contributed by atoms with van der Waals surface area (Å²) in [5.74, 6) is -1.12. The fourth-order valence-electron chi connectivity index (χ4n) is 4.23. The van der Waals surface area contributed by atoms with Crippen molar-refractivity contribution in [3.8, 4) is 0 Å². The number of carbonyl (C=O) groups is 2. The van der Waals surface area contributed by atoms with Crippen molar-refractivity contribution in [1.82, 2.24) is 5.32 Å². The average molecular weight is 451 g/mol. The maximum absolute atomic E-state index is 15.0. The zero-order valence-corrected chi connectivity index (χ0v) is 18.9. The molecule has 166 valence electrons. The Labute approximate surface area is 192 Å². The molecule has 1 aromatic heterocycles. The Balaban J connectivity index is 1.77. The minimum Gasteiger partial charge on any atom is -0.351 e. The molecule has 1 N–H and O–H groups in total. The Kier molecular flexibility index (Phi) is 7.00. The maximum atomic E-state index is 15.0. The third-order valence-electron chi connectivity index (χ3n) is 5.89. The normalized spacial score (nSPS) is 14.8. The summed E-state index contributed by atoms with van der Waals surface area (Å²) in [6.07, 6.45) is 4.11. The van der Waals surface area contributed by atoms with Crippen molar-refractivity contribution < 1.29 is 14.0 Å². The Morgan fingerprint density at radius 3 is 2.44 bits per heavy atom. The molecule has 1 aliphatic carbocycles. The molecule has 0 radical (unpaired) electrons. The molecular weight excluding hydrogens is 423 g/mol. The summed E-state index contributed by atoms with van der Waals surface area (Å²) in [6.45, 7) is 1.97. The SMILES string of the molecule is Cc1ccc([C@H](C(=O)NC2CCCC2)N(C(=O)Cc2cccs2)c2ccccc2F)cc1. The molecule has 1 aliphatic rings. The predicted molar refractivity (Wildman–Crippen MR) is 126 cm³/mol. The lowest BCUT2D eigenvalue weighted by atomic mass is 10.0. The van der Waals surface area contributed by atoms with Crippen LogP contribution in [0.1, 0.15) is 47.7 Å². The number of halogens is 1. The van der Waals surface area contributed by atoms with Crippen LogP contribution in [0.2, 0.25) is 0 Å². The maximum Gasteiger partial charge on any atom is 0.248 e. The van der Waals surface area contributed by atoms with Gasteiger partial charge in [-0.25, -0.2) is 4.39 Å². The molecule has 1 atom stereocenters. The number of hydrogen-bond donors (Lipinski definition) is 1. The highest BCUT2D eigenvalue weighted by Crippen LogP contribution is 2.32. The summed E-state index contributed by atoms with van der Waals surface area (Å²) in [6, 6.07) is 16.6. The van der Waals surface area contributed by atoms with Gasteiger partial charge in [0.25, 0.3) is 0 Å². The van der Waals surface area contributed by atoms with Crippen LogP contribution in [0, 0.1) is 12.7 Å². The number of amides is 2. The number of para-hydroxylation sites is 1. The number of rotatable bonds is 7. The van der Waals surface area contributed by atoms with E-state index in [-0.39, 0.29) is 30.0 Å². The third kappa shape index (κ3) is 5.07. The zero-order valence-electron chi connectivity index (χ0n) is 18.1. The Morgan fingerprint density at radius 2 is 1.78 bits per heavy atom. The highest BCUT2D eigenvalue weighted by atomic mass is 32.1. The molecule has 6 heteroatoms. The van der Waals surface area contributed by atoms with Crippen LogP contribution in [0.5, 0.6) is 0 Å². The molecule has 1 saturated carbocycles. The third-order valence-corrected chi connectivity index (χ3v) is 6.76. The minimum atomic E-state index is -0.958. The minimum absolute atomic E-state index is 0.0883. The van der Waals surface area contributed by atoms with Crippen molar-refractivity contribution in [2.45, 2.75) is 51.1 Å². The van der Waals surface area contributed by atoms with Gasteiger partial charge in [0, 0.05) is 10.9 Å². The molecule has 1 heterocycles. The van der Waals surface area contributed by atoms with Crippen LogP contribution in [0.25, 0.3) is 0 Å². The Morgan fingerprint density at radius 1 is 1.06 bits per heavy atom. The van der Waals surface area contributed by atoms with E-state index in [9.17, 15) is 14.0 Å². The first-order valence-corrected chi connectivity index (χ1v) is 11.9. The monoisotopic (exact) mass is 450 g/mol. The van der Waals surface area contributed by atoms with Gasteiger partial charge >= 0.3 is 0 Å². The molecule has 0 bridgehead atoms. The average Bonchev–Trinajstić information content (AvgIpc) is 3.48. The van der Waals surface area contributed by atoms with Crippen LogP contribution in [-0.4, -0.2) is 17.9 Å². The molecule has 0 saturated heterocycles. The smallest absolute Gasteiger partial charge is 0.248 e. The molecule has 4 nitrogen and oxygen atoms in total. The molecule has 2 amide bonds. The summed E-state index contributed by atoms with van der Waals surface area (Å²) in [7, 11) is 0. The first-order chi connectivity index (χ1) is 15.5. The standard InChI is InChI=1S/C26H27FN2O2S/c1-18-12-14-19(15-13-18)25(26(31)28-20-7-2-3-8-20)29(23-11-5-4-10-22(23)27)24(30)17-21-9-6-16-32-21/h4-6,9-16,20,25H,2-3,7-8,17H2,1H3,(H,28,31)/t25-/m1/s1. The van der Waals surface area contributed by atoms with Gasteiger partial charge in [-0.15, -0.1) is 11.3 Å². The second-order valence-electron chi connectivity index (χ2n) is 8.27. The van der Waals surface area contributed by atoms with Gasteiger partial charge in [-0.2, -0.15) is 0 Å². The van der Waals surface area contributed by atoms with Crippen molar-refractivity contribution in [3.63, 3.8) is 0 Å². The summed E-state index contributed by atoms with van der Waals surface area (Å²) in [5.41, 5.74) is 1.82. The molecule has 0 unspecified atom stereocenters. The van der Waals surface area contributed by atoms with Crippen LogP contribution in [-0.2, 0) is 16.0 Å². The highest BCUT2D eigenvalue weighted by Gasteiger charge is 2.35. The number of hydrogen-bond acceptors (Lipinski definition) is 3. The van der Waals surface area contributed by atoms with E-state index in [1.54, 1.807) is 18.2 Å². The molecule has 2 aromatic carbocycles. The van der Waals surface area contributed by atoms with E-state index in [0.29, 0.717) is 5.56 Å². The van der Waals surface area contributed by atoms with Crippen LogP contribution < -0.4 is 10.2 Å². The quantitative estimate of drug-likeness (QED) is 0.511. The van der Waals surface area contributed by atoms with Crippen molar-refractivity contribution in [2.24, 2.45) is 0 Å². The molecule has 0 aliphatic heterocycles. The molecule has 1 fully saturated rings. The highest BCUT2D eigenvalue weighted by molar-refractivity contribution is 7.10. The van der Waals surface area contributed by atoms with Gasteiger partial charge in [0.1, 0.15) is 11.9 Å². The number of nitrogens with zero attached hydrogens (tertiary/aromatic N) is 1. The molecule has 4 rings (SSSR count). The van der Waals surface area contributed by atoms with Gasteiger partial charge < -0.3 is 5.32 Å². The molecule has 32 heavy (non-hydrogen) atoms. The first kappa shape index (κ1) is 22.2. The van der Waals surface area contributed by atoms with Crippen LogP contribution in [0.3, 0.4) is 0 Å². The number of nitrogens with one attached hydrogen (secondary N) is 1. The van der Waals surface area contributed by atoms with Crippen molar-refractivity contribution in [3.05, 3.63) is 87.9 Å². The second-order valence-corrected chi connectivity index (χ2v) is 9.31. The van der Waals surface area contributed by atoms with Crippen LogP contribution in [0.4, 0.5) is 10.1 Å². The summed E-state index contributed by atoms with van der Waals surface area (Å²) >= 11 is 1.47. The summed E-state index contributed by atoms with van der Waals surface area (Å²) < 4.78 is 15.0. The number of thiophene rings is 1. The number of anilines is 1. The Bertz CT molecular complexity index is 1060. The van der Waals surface area contributed by atoms with Gasteiger partial charge in [-0.1, -0.05) is 60.9 Å². The lowest BCUT2D eigenvalue weighted by Gasteiger charge is -2.32. The van der Waals surface area contributed by atoms with E-state index in [4.69, 9.17) is 0 Å². The van der Waals surface area contributed by atoms with E-state index in [1.807, 2.05) is 48.7 Å². The van der Waals surface area contributed by atoms with E-state index in [0.717, 1.165) is 36.1 Å². The summed E-state index contributed by atoms with van der Waals surface area (Å²) in [4.78, 5) is 29.4. The number of aryl methyl sites for hydroxylation is 1.